The molecular formula is C20H24N4O3. The summed E-state index contributed by atoms with van der Waals surface area (Å²) in [7, 11) is 1.64. The zero-order valence-corrected chi connectivity index (χ0v) is 15.6. The lowest BCUT2D eigenvalue weighted by Crippen LogP contribution is -2.51. The zero-order chi connectivity index (χ0) is 19.4. The Kier molecular flexibility index (Phi) is 5.49. The number of rotatable bonds is 3. The van der Waals surface area contributed by atoms with E-state index in [1.54, 1.807) is 24.1 Å². The summed E-state index contributed by atoms with van der Waals surface area (Å²) in [6.45, 7) is 4.09. The number of carbonyl (C=O) groups is 2. The number of para-hydroxylation sites is 2. The minimum Gasteiger partial charge on any atom is -0.495 e. The van der Waals surface area contributed by atoms with Crippen LogP contribution in [0.4, 0.5) is 17.1 Å². The molecule has 3 rings (SSSR count). The molecule has 1 aliphatic rings. The maximum atomic E-state index is 12.5. The quantitative estimate of drug-likeness (QED) is 0.638. The van der Waals surface area contributed by atoms with Gasteiger partial charge >= 0.3 is 11.8 Å². The predicted octanol–water partition coefficient (Wildman–Crippen LogP) is 1.87. The highest BCUT2D eigenvalue weighted by Crippen LogP contribution is 2.28. The Balaban J connectivity index is 1.61. The van der Waals surface area contributed by atoms with Crippen molar-refractivity contribution in [3.63, 3.8) is 0 Å². The third-order valence-corrected chi connectivity index (χ3v) is 4.64. The normalized spacial score (nSPS) is 14.0. The van der Waals surface area contributed by atoms with Crippen LogP contribution in [0.25, 0.3) is 0 Å². The van der Waals surface area contributed by atoms with E-state index in [9.17, 15) is 9.59 Å². The second-order valence-electron chi connectivity index (χ2n) is 6.50. The molecule has 0 atom stereocenters. The monoisotopic (exact) mass is 368 g/mol. The number of nitrogens with two attached hydrogens (primary N) is 1. The first-order valence-corrected chi connectivity index (χ1v) is 8.84. The molecule has 1 aliphatic heterocycles. The van der Waals surface area contributed by atoms with Crippen LogP contribution in [-0.2, 0) is 9.59 Å². The average molecular weight is 368 g/mol. The van der Waals surface area contributed by atoms with E-state index in [4.69, 9.17) is 10.5 Å². The number of benzene rings is 2. The number of nitrogens with one attached hydrogen (secondary N) is 1. The molecule has 7 heteroatoms. The van der Waals surface area contributed by atoms with Crippen LogP contribution in [0, 0.1) is 6.92 Å². The summed E-state index contributed by atoms with van der Waals surface area (Å²) in [5.41, 5.74) is 8.71. The first kappa shape index (κ1) is 18.6. The van der Waals surface area contributed by atoms with Gasteiger partial charge in [0, 0.05) is 26.2 Å². The molecule has 2 amide bonds. The van der Waals surface area contributed by atoms with E-state index in [1.807, 2.05) is 37.3 Å². The summed E-state index contributed by atoms with van der Waals surface area (Å²) in [6.07, 6.45) is 0. The molecule has 3 N–H and O–H groups in total. The van der Waals surface area contributed by atoms with Gasteiger partial charge in [-0.15, -0.1) is 0 Å². The van der Waals surface area contributed by atoms with Crippen molar-refractivity contribution < 1.29 is 14.3 Å². The number of amides is 2. The maximum absolute atomic E-state index is 12.5. The second kappa shape index (κ2) is 7.99. The van der Waals surface area contributed by atoms with E-state index < -0.39 is 11.8 Å². The van der Waals surface area contributed by atoms with Crippen molar-refractivity contribution in [3.05, 3.63) is 48.0 Å². The lowest BCUT2D eigenvalue weighted by Gasteiger charge is -2.36. The number of nitrogens with zero attached hydrogens (tertiary/aromatic N) is 2. The summed E-state index contributed by atoms with van der Waals surface area (Å²) >= 11 is 0. The molecule has 1 saturated heterocycles. The standard InChI is InChI=1S/C20H24N4O3/c1-14-7-8-15(21)16(13-14)22-19(25)20(26)24-11-9-23(10-12-24)17-5-3-4-6-18(17)27-2/h3-8,13H,9-12,21H2,1-2H3,(H,22,25). The van der Waals surface area contributed by atoms with Gasteiger partial charge in [0.25, 0.3) is 0 Å². The van der Waals surface area contributed by atoms with Crippen molar-refractivity contribution in [1.29, 1.82) is 0 Å². The van der Waals surface area contributed by atoms with Crippen molar-refractivity contribution in [3.8, 4) is 5.75 Å². The fourth-order valence-corrected chi connectivity index (χ4v) is 3.14. The summed E-state index contributed by atoms with van der Waals surface area (Å²) < 4.78 is 5.40. The number of ether oxygens (including phenoxy) is 1. The van der Waals surface area contributed by atoms with E-state index in [0.29, 0.717) is 37.6 Å². The third kappa shape index (κ3) is 4.13. The van der Waals surface area contributed by atoms with Gasteiger partial charge in [0.15, 0.2) is 0 Å². The molecule has 1 heterocycles. The molecule has 7 nitrogen and oxygen atoms in total. The average Bonchev–Trinajstić information content (AvgIpc) is 2.70. The molecule has 27 heavy (non-hydrogen) atoms. The van der Waals surface area contributed by atoms with Crippen LogP contribution in [0.1, 0.15) is 5.56 Å². The van der Waals surface area contributed by atoms with Crippen molar-refractivity contribution in [1.82, 2.24) is 4.90 Å². The van der Waals surface area contributed by atoms with Gasteiger partial charge in [-0.25, -0.2) is 0 Å². The Hall–Kier alpha value is -3.22. The summed E-state index contributed by atoms with van der Waals surface area (Å²) in [5.74, 6) is -0.418. The van der Waals surface area contributed by atoms with Crippen LogP contribution in [0.5, 0.6) is 5.75 Å². The van der Waals surface area contributed by atoms with Crippen molar-refractivity contribution >= 4 is 28.9 Å². The van der Waals surface area contributed by atoms with E-state index >= 15 is 0 Å². The van der Waals surface area contributed by atoms with E-state index in [1.165, 1.54) is 0 Å². The summed E-state index contributed by atoms with van der Waals surface area (Å²) in [4.78, 5) is 28.5. The molecule has 0 unspecified atom stereocenters. The Morgan fingerprint density at radius 1 is 1.07 bits per heavy atom. The molecule has 0 saturated carbocycles. The van der Waals surface area contributed by atoms with Gasteiger partial charge in [-0.05, 0) is 36.8 Å². The SMILES string of the molecule is COc1ccccc1N1CCN(C(=O)C(=O)Nc2cc(C)ccc2N)CC1. The van der Waals surface area contributed by atoms with Gasteiger partial charge < -0.3 is 25.6 Å². The number of piperazine rings is 1. The molecule has 0 aromatic heterocycles. The highest BCUT2D eigenvalue weighted by atomic mass is 16.5. The molecule has 0 radical (unpaired) electrons. The third-order valence-electron chi connectivity index (χ3n) is 4.64. The van der Waals surface area contributed by atoms with Gasteiger partial charge in [0.1, 0.15) is 5.75 Å². The number of nitrogen functional groups attached to an aromatic ring is 1. The molecular weight excluding hydrogens is 344 g/mol. The number of anilines is 3. The molecule has 1 fully saturated rings. The minimum absolute atomic E-state index is 0.433. The van der Waals surface area contributed by atoms with Crippen LogP contribution in [0.15, 0.2) is 42.5 Å². The van der Waals surface area contributed by atoms with E-state index in [0.717, 1.165) is 17.0 Å². The van der Waals surface area contributed by atoms with Gasteiger partial charge in [0.2, 0.25) is 0 Å². The second-order valence-corrected chi connectivity index (χ2v) is 6.50. The maximum Gasteiger partial charge on any atom is 0.313 e. The highest BCUT2D eigenvalue weighted by molar-refractivity contribution is 6.39. The van der Waals surface area contributed by atoms with Gasteiger partial charge in [0.05, 0.1) is 24.2 Å². The lowest BCUT2D eigenvalue weighted by atomic mass is 10.2. The van der Waals surface area contributed by atoms with Crippen LogP contribution in [0.3, 0.4) is 0 Å². The number of aryl methyl sites for hydroxylation is 1. The van der Waals surface area contributed by atoms with Gasteiger partial charge in [-0.3, -0.25) is 9.59 Å². The first-order valence-electron chi connectivity index (χ1n) is 8.84. The first-order chi connectivity index (χ1) is 13.0. The zero-order valence-electron chi connectivity index (χ0n) is 15.6. The van der Waals surface area contributed by atoms with Crippen molar-refractivity contribution in [2.75, 3.05) is 49.2 Å². The van der Waals surface area contributed by atoms with Crippen molar-refractivity contribution in [2.45, 2.75) is 6.92 Å². The number of hydrogen-bond donors (Lipinski definition) is 2. The van der Waals surface area contributed by atoms with Crippen LogP contribution < -0.4 is 20.7 Å². The Morgan fingerprint density at radius 3 is 2.48 bits per heavy atom. The minimum atomic E-state index is -0.668. The number of methoxy groups -OCH3 is 1. The van der Waals surface area contributed by atoms with Gasteiger partial charge in [-0.2, -0.15) is 0 Å². The fourth-order valence-electron chi connectivity index (χ4n) is 3.14. The Bertz CT molecular complexity index is 845. The summed E-state index contributed by atoms with van der Waals surface area (Å²) in [5, 5.41) is 2.62. The molecule has 2 aromatic carbocycles. The topological polar surface area (TPSA) is 87.9 Å². The predicted molar refractivity (Wildman–Crippen MR) is 106 cm³/mol. The fraction of sp³-hybridized carbons (Fsp3) is 0.300. The number of hydrogen-bond acceptors (Lipinski definition) is 5. The Morgan fingerprint density at radius 2 is 1.78 bits per heavy atom. The molecule has 0 bridgehead atoms. The smallest absolute Gasteiger partial charge is 0.313 e. The summed E-state index contributed by atoms with van der Waals surface area (Å²) in [6, 6.07) is 13.1. The van der Waals surface area contributed by atoms with E-state index in [-0.39, 0.29) is 0 Å². The van der Waals surface area contributed by atoms with Crippen molar-refractivity contribution in [2.24, 2.45) is 0 Å². The van der Waals surface area contributed by atoms with E-state index in [2.05, 4.69) is 10.2 Å². The number of carbonyl (C=O) groups excluding carboxylic acids is 2. The molecule has 2 aromatic rings. The Labute approximate surface area is 158 Å². The molecule has 142 valence electrons. The largest absolute Gasteiger partial charge is 0.495 e. The molecule has 0 aliphatic carbocycles. The van der Waals surface area contributed by atoms with Gasteiger partial charge in [-0.1, -0.05) is 18.2 Å². The highest BCUT2D eigenvalue weighted by Gasteiger charge is 2.27. The van der Waals surface area contributed by atoms with Crippen LogP contribution in [-0.4, -0.2) is 50.0 Å². The lowest BCUT2D eigenvalue weighted by molar-refractivity contribution is -0.143. The van der Waals surface area contributed by atoms with Crippen LogP contribution in [0.2, 0.25) is 0 Å². The molecule has 0 spiro atoms. The van der Waals surface area contributed by atoms with Crippen LogP contribution >= 0.6 is 0 Å².